The molecule has 0 fully saturated rings. The van der Waals surface area contributed by atoms with Crippen LogP contribution in [0.25, 0.3) is 6.08 Å². The van der Waals surface area contributed by atoms with Crippen LogP contribution < -0.4 is 0 Å². The third kappa shape index (κ3) is 5.24. The van der Waals surface area contributed by atoms with Gasteiger partial charge in [0, 0.05) is 23.5 Å². The van der Waals surface area contributed by atoms with Crippen LogP contribution in [-0.2, 0) is 0 Å². The van der Waals surface area contributed by atoms with Crippen molar-refractivity contribution in [3.63, 3.8) is 0 Å². The number of unbranched alkanes of at least 4 members (excludes halogenated alkanes) is 3. The van der Waals surface area contributed by atoms with Crippen LogP contribution in [0.3, 0.4) is 0 Å². The third-order valence-corrected chi connectivity index (χ3v) is 3.26. The molecule has 0 atom stereocenters. The quantitative estimate of drug-likeness (QED) is 0.443. The van der Waals surface area contributed by atoms with Crippen LogP contribution in [-0.4, -0.2) is 9.97 Å². The molecule has 0 saturated heterocycles. The molecule has 0 bridgehead atoms. The fraction of sp³-hybridized carbons (Fsp3) is 0.263. The molecule has 0 N–H and O–H groups in total. The van der Waals surface area contributed by atoms with E-state index in [2.05, 4.69) is 34.8 Å². The Kier molecular flexibility index (Phi) is 6.56. The van der Waals surface area contributed by atoms with Gasteiger partial charge in [0.25, 0.3) is 0 Å². The highest BCUT2D eigenvalue weighted by atomic mass is 19.2. The van der Waals surface area contributed by atoms with Crippen molar-refractivity contribution in [3.05, 3.63) is 65.0 Å². The van der Waals surface area contributed by atoms with E-state index in [4.69, 9.17) is 0 Å². The van der Waals surface area contributed by atoms with Crippen molar-refractivity contribution < 1.29 is 13.2 Å². The van der Waals surface area contributed by atoms with Crippen molar-refractivity contribution in [2.45, 2.75) is 32.6 Å². The molecule has 24 heavy (non-hydrogen) atoms. The molecule has 2 aromatic rings. The lowest BCUT2D eigenvalue weighted by Crippen LogP contribution is -1.92. The van der Waals surface area contributed by atoms with E-state index in [9.17, 15) is 13.2 Å². The van der Waals surface area contributed by atoms with Gasteiger partial charge in [-0.2, -0.15) is 0 Å². The molecule has 0 spiro atoms. The van der Waals surface area contributed by atoms with Crippen molar-refractivity contribution >= 4 is 6.08 Å². The Morgan fingerprint density at radius 2 is 1.67 bits per heavy atom. The third-order valence-electron chi connectivity index (χ3n) is 3.26. The average Bonchev–Trinajstić information content (AvgIpc) is 2.58. The Morgan fingerprint density at radius 3 is 2.29 bits per heavy atom. The van der Waals surface area contributed by atoms with Gasteiger partial charge in [0.15, 0.2) is 17.5 Å². The summed E-state index contributed by atoms with van der Waals surface area (Å²) in [5, 5.41) is 0. The molecule has 5 heteroatoms. The van der Waals surface area contributed by atoms with Crippen LogP contribution in [0.2, 0.25) is 0 Å². The van der Waals surface area contributed by atoms with Crippen LogP contribution in [0.15, 0.2) is 30.6 Å². The standard InChI is InChI=1S/C19H17F3N2/c1-2-3-4-5-6-7-15-12-23-18(24-13-15)9-8-14-10-16(20)19(22)17(21)11-14/h6-7,10-13H,2-5H2,1H3. The molecule has 2 rings (SSSR count). The fourth-order valence-corrected chi connectivity index (χ4v) is 1.98. The molecule has 1 aromatic heterocycles. The molecular formula is C19H17F3N2. The molecule has 0 aliphatic carbocycles. The Morgan fingerprint density at radius 1 is 1.00 bits per heavy atom. The average molecular weight is 330 g/mol. The summed E-state index contributed by atoms with van der Waals surface area (Å²) < 4.78 is 39.0. The van der Waals surface area contributed by atoms with Gasteiger partial charge in [0.2, 0.25) is 5.82 Å². The van der Waals surface area contributed by atoms with Gasteiger partial charge in [-0.3, -0.25) is 0 Å². The van der Waals surface area contributed by atoms with Gasteiger partial charge in [-0.25, -0.2) is 23.1 Å². The Bertz CT molecular complexity index is 748. The molecule has 124 valence electrons. The number of hydrogen-bond acceptors (Lipinski definition) is 2. The van der Waals surface area contributed by atoms with Gasteiger partial charge >= 0.3 is 0 Å². The molecular weight excluding hydrogens is 313 g/mol. The topological polar surface area (TPSA) is 25.8 Å². The first kappa shape index (κ1) is 17.7. The van der Waals surface area contributed by atoms with E-state index in [1.54, 1.807) is 12.4 Å². The summed E-state index contributed by atoms with van der Waals surface area (Å²) in [6.45, 7) is 2.16. The molecule has 1 aromatic carbocycles. The van der Waals surface area contributed by atoms with Crippen molar-refractivity contribution in [3.8, 4) is 11.8 Å². The Labute approximate surface area is 139 Å². The van der Waals surface area contributed by atoms with Crippen LogP contribution in [0.1, 0.15) is 49.6 Å². The molecule has 2 nitrogen and oxygen atoms in total. The van der Waals surface area contributed by atoms with Crippen molar-refractivity contribution in [1.29, 1.82) is 0 Å². The second kappa shape index (κ2) is 8.88. The van der Waals surface area contributed by atoms with Gasteiger partial charge in [0.1, 0.15) is 0 Å². The number of aromatic nitrogens is 2. The zero-order valence-corrected chi connectivity index (χ0v) is 13.3. The molecule has 0 saturated carbocycles. The monoisotopic (exact) mass is 330 g/mol. The number of benzene rings is 1. The maximum absolute atomic E-state index is 13.1. The maximum atomic E-state index is 13.1. The number of hydrogen-bond donors (Lipinski definition) is 0. The Balaban J connectivity index is 2.02. The summed E-state index contributed by atoms with van der Waals surface area (Å²) in [6, 6.07) is 1.66. The van der Waals surface area contributed by atoms with Crippen LogP contribution in [0, 0.1) is 29.3 Å². The molecule has 0 aliphatic rings. The van der Waals surface area contributed by atoms with Crippen molar-refractivity contribution in [1.82, 2.24) is 9.97 Å². The predicted octanol–water partition coefficient (Wildman–Crippen LogP) is 4.89. The van der Waals surface area contributed by atoms with E-state index in [-0.39, 0.29) is 11.4 Å². The number of halogens is 3. The van der Waals surface area contributed by atoms with Gasteiger partial charge in [-0.15, -0.1) is 0 Å². The highest BCUT2D eigenvalue weighted by Gasteiger charge is 2.09. The molecule has 0 radical (unpaired) electrons. The fourth-order valence-electron chi connectivity index (χ4n) is 1.98. The first-order valence-electron chi connectivity index (χ1n) is 7.75. The largest absolute Gasteiger partial charge is 0.229 e. The second-order valence-corrected chi connectivity index (χ2v) is 5.24. The first-order chi connectivity index (χ1) is 11.6. The van der Waals surface area contributed by atoms with E-state index in [0.29, 0.717) is 0 Å². The van der Waals surface area contributed by atoms with Crippen molar-refractivity contribution in [2.75, 3.05) is 0 Å². The smallest absolute Gasteiger partial charge is 0.205 e. The Hall–Kier alpha value is -2.61. The van der Waals surface area contributed by atoms with Crippen LogP contribution in [0.5, 0.6) is 0 Å². The molecule has 0 aliphatic heterocycles. The summed E-state index contributed by atoms with van der Waals surface area (Å²) in [7, 11) is 0. The minimum atomic E-state index is -1.51. The summed E-state index contributed by atoms with van der Waals surface area (Å²) in [6.07, 6.45) is 11.8. The normalized spacial score (nSPS) is 10.7. The highest BCUT2D eigenvalue weighted by Crippen LogP contribution is 2.12. The number of rotatable bonds is 5. The highest BCUT2D eigenvalue weighted by molar-refractivity contribution is 5.47. The lowest BCUT2D eigenvalue weighted by Gasteiger charge is -1.96. The number of nitrogens with zero attached hydrogens (tertiary/aromatic N) is 2. The lowest BCUT2D eigenvalue weighted by molar-refractivity contribution is 0.446. The minimum Gasteiger partial charge on any atom is -0.229 e. The SMILES string of the molecule is CCCCCC=Cc1cnc(C#Cc2cc(F)c(F)c(F)c2)nc1. The molecule has 0 amide bonds. The molecule has 1 heterocycles. The molecule has 0 unspecified atom stereocenters. The van der Waals surface area contributed by atoms with E-state index < -0.39 is 17.5 Å². The second-order valence-electron chi connectivity index (χ2n) is 5.24. The van der Waals surface area contributed by atoms with Crippen molar-refractivity contribution in [2.24, 2.45) is 0 Å². The van der Waals surface area contributed by atoms with Gasteiger partial charge in [-0.1, -0.05) is 37.8 Å². The summed E-state index contributed by atoms with van der Waals surface area (Å²) in [4.78, 5) is 8.15. The maximum Gasteiger partial charge on any atom is 0.205 e. The number of allylic oxidation sites excluding steroid dienone is 1. The summed E-state index contributed by atoms with van der Waals surface area (Å²) in [5.41, 5.74) is 0.880. The zero-order valence-electron chi connectivity index (χ0n) is 13.3. The summed E-state index contributed by atoms with van der Waals surface area (Å²) in [5.74, 6) is 1.28. The van der Waals surface area contributed by atoms with Crippen LogP contribution in [0.4, 0.5) is 13.2 Å². The van der Waals surface area contributed by atoms with E-state index >= 15 is 0 Å². The van der Waals surface area contributed by atoms with Gasteiger partial charge < -0.3 is 0 Å². The van der Waals surface area contributed by atoms with E-state index in [1.165, 1.54) is 12.8 Å². The van der Waals surface area contributed by atoms with Gasteiger partial charge in [0.05, 0.1) is 0 Å². The minimum absolute atomic E-state index is 0.0231. The van der Waals surface area contributed by atoms with E-state index in [1.807, 2.05) is 6.08 Å². The van der Waals surface area contributed by atoms with Gasteiger partial charge in [-0.05, 0) is 30.9 Å². The lowest BCUT2D eigenvalue weighted by atomic mass is 10.2. The van der Waals surface area contributed by atoms with E-state index in [0.717, 1.165) is 30.5 Å². The first-order valence-corrected chi connectivity index (χ1v) is 7.75. The summed E-state index contributed by atoms with van der Waals surface area (Å²) >= 11 is 0. The zero-order chi connectivity index (χ0) is 17.4. The van der Waals surface area contributed by atoms with Crippen LogP contribution >= 0.6 is 0 Å². The predicted molar refractivity (Wildman–Crippen MR) is 87.5 cm³/mol.